The topological polar surface area (TPSA) is 95.1 Å². The minimum Gasteiger partial charge on any atom is -0.457 e. The summed E-state index contributed by atoms with van der Waals surface area (Å²) in [6.45, 7) is 0.576. The van der Waals surface area contributed by atoms with E-state index in [2.05, 4.69) is 15.6 Å². The quantitative estimate of drug-likeness (QED) is 0.665. The summed E-state index contributed by atoms with van der Waals surface area (Å²) < 4.78 is 7.19. The van der Waals surface area contributed by atoms with Gasteiger partial charge in [-0.3, -0.25) is 4.79 Å². The summed E-state index contributed by atoms with van der Waals surface area (Å²) in [6.07, 6.45) is 2.35. The summed E-state index contributed by atoms with van der Waals surface area (Å²) in [6, 6.07) is 14.2. The maximum Gasteiger partial charge on any atom is 0.246 e. The van der Waals surface area contributed by atoms with E-state index in [1.165, 1.54) is 4.68 Å². The lowest BCUT2D eigenvalue weighted by atomic mass is 10.3. The van der Waals surface area contributed by atoms with Crippen molar-refractivity contribution in [3.63, 3.8) is 0 Å². The standard InChI is InChI=1S/C18H18ClN5O2/c19-13-2-1-3-17(10-13)26-16-6-4-14(5-7-16)21-18(25)12-24-11-15(8-9-20)22-23-24/h1-7,10-11H,8-9,12,20H2,(H,21,25). The predicted molar refractivity (Wildman–Crippen MR) is 99.4 cm³/mol. The molecule has 8 heteroatoms. The second-order valence-electron chi connectivity index (χ2n) is 5.58. The molecular formula is C18H18ClN5O2. The van der Waals surface area contributed by atoms with E-state index >= 15 is 0 Å². The first-order valence-corrected chi connectivity index (χ1v) is 8.42. The normalized spacial score (nSPS) is 10.5. The van der Waals surface area contributed by atoms with Gasteiger partial charge in [0.25, 0.3) is 0 Å². The van der Waals surface area contributed by atoms with Gasteiger partial charge in [0.1, 0.15) is 18.0 Å². The van der Waals surface area contributed by atoms with Gasteiger partial charge >= 0.3 is 0 Å². The van der Waals surface area contributed by atoms with Crippen molar-refractivity contribution < 1.29 is 9.53 Å². The molecule has 0 atom stereocenters. The Morgan fingerprint density at radius 2 is 2.00 bits per heavy atom. The van der Waals surface area contributed by atoms with Gasteiger partial charge in [-0.25, -0.2) is 4.68 Å². The number of halogens is 1. The van der Waals surface area contributed by atoms with Gasteiger partial charge in [0.2, 0.25) is 5.91 Å². The van der Waals surface area contributed by atoms with Crippen LogP contribution in [0.15, 0.2) is 54.7 Å². The number of aromatic nitrogens is 3. The van der Waals surface area contributed by atoms with Crippen LogP contribution in [0.1, 0.15) is 5.69 Å². The third-order valence-electron chi connectivity index (χ3n) is 3.46. The molecule has 2 aromatic carbocycles. The molecule has 0 fully saturated rings. The van der Waals surface area contributed by atoms with Crippen molar-refractivity contribution in [2.75, 3.05) is 11.9 Å². The van der Waals surface area contributed by atoms with E-state index in [0.717, 1.165) is 5.69 Å². The third kappa shape index (κ3) is 5.05. The lowest BCUT2D eigenvalue weighted by molar-refractivity contribution is -0.116. The summed E-state index contributed by atoms with van der Waals surface area (Å²) in [5, 5.41) is 11.3. The van der Waals surface area contributed by atoms with Gasteiger partial charge in [0, 0.05) is 23.3 Å². The van der Waals surface area contributed by atoms with Crippen LogP contribution < -0.4 is 15.8 Å². The molecule has 0 bridgehead atoms. The molecule has 0 saturated heterocycles. The maximum absolute atomic E-state index is 12.1. The number of amides is 1. The van der Waals surface area contributed by atoms with Crippen molar-refractivity contribution in [1.29, 1.82) is 0 Å². The smallest absolute Gasteiger partial charge is 0.246 e. The Bertz CT molecular complexity index is 879. The van der Waals surface area contributed by atoms with Gasteiger partial charge in [-0.1, -0.05) is 22.9 Å². The monoisotopic (exact) mass is 371 g/mol. The van der Waals surface area contributed by atoms with Crippen LogP contribution in [0.2, 0.25) is 5.02 Å². The highest BCUT2D eigenvalue weighted by Crippen LogP contribution is 2.25. The maximum atomic E-state index is 12.1. The number of hydrogen-bond acceptors (Lipinski definition) is 5. The lowest BCUT2D eigenvalue weighted by Crippen LogP contribution is -2.19. The van der Waals surface area contributed by atoms with E-state index in [1.807, 2.05) is 12.1 Å². The number of anilines is 1. The molecule has 0 radical (unpaired) electrons. The number of nitrogens with one attached hydrogen (secondary N) is 1. The van der Waals surface area contributed by atoms with Crippen LogP contribution in [0, 0.1) is 0 Å². The van der Waals surface area contributed by atoms with Crippen molar-refractivity contribution >= 4 is 23.2 Å². The summed E-state index contributed by atoms with van der Waals surface area (Å²) in [4.78, 5) is 12.1. The van der Waals surface area contributed by atoms with E-state index in [0.29, 0.717) is 35.2 Å². The number of nitrogens with two attached hydrogens (primary N) is 1. The van der Waals surface area contributed by atoms with Crippen molar-refractivity contribution in [3.8, 4) is 11.5 Å². The van der Waals surface area contributed by atoms with Crippen LogP contribution in [-0.4, -0.2) is 27.4 Å². The molecule has 0 saturated carbocycles. The van der Waals surface area contributed by atoms with Gasteiger partial charge in [-0.05, 0) is 49.0 Å². The molecule has 3 aromatic rings. The molecule has 134 valence electrons. The Labute approximate surface area is 155 Å². The molecule has 0 aliphatic heterocycles. The Kier molecular flexibility index (Phi) is 5.83. The summed E-state index contributed by atoms with van der Waals surface area (Å²) >= 11 is 5.93. The molecule has 7 nitrogen and oxygen atoms in total. The van der Waals surface area contributed by atoms with Crippen LogP contribution in [-0.2, 0) is 17.8 Å². The number of carbonyl (C=O) groups excluding carboxylic acids is 1. The number of nitrogens with zero attached hydrogens (tertiary/aromatic N) is 3. The minimum atomic E-state index is -0.197. The summed E-state index contributed by atoms with van der Waals surface area (Å²) in [7, 11) is 0. The lowest BCUT2D eigenvalue weighted by Gasteiger charge is -2.08. The van der Waals surface area contributed by atoms with Crippen LogP contribution in [0.3, 0.4) is 0 Å². The molecule has 0 aliphatic rings. The van der Waals surface area contributed by atoms with Crippen molar-refractivity contribution in [2.45, 2.75) is 13.0 Å². The van der Waals surface area contributed by atoms with Crippen molar-refractivity contribution in [3.05, 3.63) is 65.4 Å². The number of ether oxygens (including phenoxy) is 1. The molecule has 1 heterocycles. The van der Waals surface area contributed by atoms with E-state index < -0.39 is 0 Å². The fourth-order valence-electron chi connectivity index (χ4n) is 2.30. The Balaban J connectivity index is 1.55. The van der Waals surface area contributed by atoms with Crippen molar-refractivity contribution in [1.82, 2.24) is 15.0 Å². The Morgan fingerprint density at radius 3 is 2.73 bits per heavy atom. The molecule has 3 N–H and O–H groups in total. The molecule has 1 amide bonds. The average Bonchev–Trinajstić information content (AvgIpc) is 3.04. The van der Waals surface area contributed by atoms with E-state index in [9.17, 15) is 4.79 Å². The summed E-state index contributed by atoms with van der Waals surface area (Å²) in [5.41, 5.74) is 6.90. The Hall–Kier alpha value is -2.90. The molecule has 1 aromatic heterocycles. The van der Waals surface area contributed by atoms with Gasteiger partial charge in [-0.2, -0.15) is 0 Å². The molecule has 0 spiro atoms. The second kappa shape index (κ2) is 8.46. The minimum absolute atomic E-state index is 0.0817. The molecule has 0 aliphatic carbocycles. The van der Waals surface area contributed by atoms with E-state index in [1.54, 1.807) is 42.6 Å². The van der Waals surface area contributed by atoms with Crippen LogP contribution in [0.25, 0.3) is 0 Å². The fraction of sp³-hybridized carbons (Fsp3) is 0.167. The van der Waals surface area contributed by atoms with Gasteiger partial charge in [-0.15, -0.1) is 5.10 Å². The third-order valence-corrected chi connectivity index (χ3v) is 3.70. The largest absolute Gasteiger partial charge is 0.457 e. The summed E-state index contributed by atoms with van der Waals surface area (Å²) in [5.74, 6) is 1.10. The van der Waals surface area contributed by atoms with Crippen LogP contribution >= 0.6 is 11.6 Å². The zero-order valence-corrected chi connectivity index (χ0v) is 14.7. The average molecular weight is 372 g/mol. The van der Waals surface area contributed by atoms with Gasteiger partial charge in [0.05, 0.1) is 5.69 Å². The first-order chi connectivity index (χ1) is 12.6. The zero-order chi connectivity index (χ0) is 18.4. The first kappa shape index (κ1) is 17.9. The molecule has 3 rings (SSSR count). The Morgan fingerprint density at radius 1 is 1.19 bits per heavy atom. The molecular weight excluding hydrogens is 354 g/mol. The van der Waals surface area contributed by atoms with Gasteiger partial charge < -0.3 is 15.8 Å². The second-order valence-corrected chi connectivity index (χ2v) is 6.01. The zero-order valence-electron chi connectivity index (χ0n) is 13.9. The number of hydrogen-bond donors (Lipinski definition) is 2. The highest BCUT2D eigenvalue weighted by atomic mass is 35.5. The van der Waals surface area contributed by atoms with E-state index in [-0.39, 0.29) is 12.5 Å². The van der Waals surface area contributed by atoms with Gasteiger partial charge in [0.15, 0.2) is 0 Å². The van der Waals surface area contributed by atoms with Crippen LogP contribution in [0.4, 0.5) is 5.69 Å². The highest BCUT2D eigenvalue weighted by Gasteiger charge is 2.07. The SMILES string of the molecule is NCCc1cn(CC(=O)Nc2ccc(Oc3cccc(Cl)c3)cc2)nn1. The first-order valence-electron chi connectivity index (χ1n) is 8.05. The highest BCUT2D eigenvalue weighted by molar-refractivity contribution is 6.30. The fourth-order valence-corrected chi connectivity index (χ4v) is 2.48. The number of carbonyl (C=O) groups is 1. The van der Waals surface area contributed by atoms with Crippen molar-refractivity contribution in [2.24, 2.45) is 5.73 Å². The predicted octanol–water partition coefficient (Wildman–Crippen LogP) is 2.86. The van der Waals surface area contributed by atoms with E-state index in [4.69, 9.17) is 22.1 Å². The van der Waals surface area contributed by atoms with Crippen LogP contribution in [0.5, 0.6) is 11.5 Å². The number of rotatable bonds is 7. The number of benzene rings is 2. The molecule has 0 unspecified atom stereocenters. The molecule has 26 heavy (non-hydrogen) atoms.